The molecule has 1 aliphatic carbocycles. The van der Waals surface area contributed by atoms with Crippen molar-refractivity contribution < 1.29 is 31.6 Å². The van der Waals surface area contributed by atoms with Crippen molar-refractivity contribution in [1.82, 2.24) is 20.4 Å². The highest BCUT2D eigenvalue weighted by Crippen LogP contribution is 2.31. The van der Waals surface area contributed by atoms with Gasteiger partial charge in [-0.25, -0.2) is 4.79 Å². The third kappa shape index (κ3) is 3.60. The molecule has 0 aromatic rings. The largest absolute Gasteiger partial charge is 0.418 e. The number of nitrogens with one attached hydrogen (secondary N) is 1. The van der Waals surface area contributed by atoms with Crippen LogP contribution in [0.5, 0.6) is 0 Å². The van der Waals surface area contributed by atoms with Gasteiger partial charge in [-0.15, -0.1) is 4.28 Å². The maximum Gasteiger partial charge on any atom is 0.418 e. The van der Waals surface area contributed by atoms with Gasteiger partial charge in [0.05, 0.1) is 6.04 Å². The Morgan fingerprint density at radius 1 is 1.35 bits per heavy atom. The maximum atomic E-state index is 12.5. The van der Waals surface area contributed by atoms with Gasteiger partial charge in [0.1, 0.15) is 6.04 Å². The minimum atomic E-state index is -4.84. The van der Waals surface area contributed by atoms with E-state index in [9.17, 15) is 22.8 Å². The van der Waals surface area contributed by atoms with Gasteiger partial charge in [-0.2, -0.15) is 13.5 Å². The molecule has 0 unspecified atom stereocenters. The summed E-state index contributed by atoms with van der Waals surface area (Å²) in [7, 11) is -3.42. The Morgan fingerprint density at radius 2 is 2.00 bits per heavy atom. The second-order valence-electron chi connectivity index (χ2n) is 6.81. The van der Waals surface area contributed by atoms with Crippen molar-refractivity contribution in [2.45, 2.75) is 43.8 Å². The lowest BCUT2D eigenvalue weighted by Crippen LogP contribution is -2.56. The molecule has 0 aromatic heterocycles. The van der Waals surface area contributed by atoms with E-state index in [2.05, 4.69) is 9.71 Å². The quantitative estimate of drug-likeness (QED) is 0.374. The fourth-order valence-electron chi connectivity index (χ4n) is 3.54. The van der Waals surface area contributed by atoms with Crippen LogP contribution < -0.4 is 11.2 Å². The fraction of sp³-hybridized carbons (Fsp3) is 0.769. The Hall–Kier alpha value is -1.96. The average molecular weight is 391 g/mol. The van der Waals surface area contributed by atoms with Crippen molar-refractivity contribution in [3.63, 3.8) is 0 Å². The van der Waals surface area contributed by atoms with Crippen LogP contribution in [0, 0.1) is 5.92 Å². The molecule has 2 saturated heterocycles. The summed E-state index contributed by atoms with van der Waals surface area (Å²) in [5, 5.41) is 1.66. The molecule has 4 amide bonds. The lowest BCUT2D eigenvalue weighted by atomic mass is 9.80. The SMILES string of the molecule is CN(NC(=O)[C@@H]1CC[C@@H]2CN1C(=O)N2OS(=O)(=O)O)C(=O)C1CC(N)C1. The summed E-state index contributed by atoms with van der Waals surface area (Å²) in [4.78, 5) is 38.1. The summed E-state index contributed by atoms with van der Waals surface area (Å²) in [5.41, 5.74) is 8.12. The van der Waals surface area contributed by atoms with E-state index >= 15 is 0 Å². The fourth-order valence-corrected chi connectivity index (χ4v) is 3.92. The van der Waals surface area contributed by atoms with Crippen LogP contribution >= 0.6 is 0 Å². The molecule has 146 valence electrons. The standard InChI is InChI=1S/C13H21N5O7S/c1-16(12(20)7-4-8(14)5-7)15-11(19)10-3-2-9-6-17(10)13(21)18(9)25-26(22,23)24/h7-10H,2-6,14H2,1H3,(H,15,19)(H,22,23,24)/t7?,8?,9-,10+/m1/s1. The topological polar surface area (TPSA) is 163 Å². The monoisotopic (exact) mass is 391 g/mol. The number of fused-ring (bicyclic) bond motifs is 2. The number of carbonyl (C=O) groups excluding carboxylic acids is 3. The number of urea groups is 1. The molecular weight excluding hydrogens is 370 g/mol. The van der Waals surface area contributed by atoms with E-state index in [0.29, 0.717) is 24.3 Å². The van der Waals surface area contributed by atoms with Gasteiger partial charge in [-0.05, 0) is 25.7 Å². The molecule has 4 N–H and O–H groups in total. The van der Waals surface area contributed by atoms with Crippen LogP contribution in [0.2, 0.25) is 0 Å². The van der Waals surface area contributed by atoms with Crippen LogP contribution in [-0.4, -0.2) is 77.5 Å². The van der Waals surface area contributed by atoms with Crippen molar-refractivity contribution in [3.05, 3.63) is 0 Å². The van der Waals surface area contributed by atoms with Crippen LogP contribution in [0.15, 0.2) is 0 Å². The first-order valence-corrected chi connectivity index (χ1v) is 9.54. The number of piperidine rings is 1. The van der Waals surface area contributed by atoms with E-state index in [4.69, 9.17) is 10.3 Å². The lowest BCUT2D eigenvalue weighted by molar-refractivity contribution is -0.147. The second-order valence-corrected chi connectivity index (χ2v) is 7.82. The van der Waals surface area contributed by atoms with Gasteiger partial charge in [-0.3, -0.25) is 24.6 Å². The maximum absolute atomic E-state index is 12.5. The molecule has 0 radical (unpaired) electrons. The number of carbonyl (C=O) groups is 3. The Kier molecular flexibility index (Phi) is 4.81. The van der Waals surface area contributed by atoms with E-state index < -0.39 is 34.4 Å². The Bertz CT molecular complexity index is 722. The van der Waals surface area contributed by atoms with Gasteiger partial charge in [0.2, 0.25) is 5.91 Å². The van der Waals surface area contributed by atoms with Crippen molar-refractivity contribution in [2.24, 2.45) is 11.7 Å². The van der Waals surface area contributed by atoms with Gasteiger partial charge in [0.15, 0.2) is 0 Å². The molecular formula is C13H21N5O7S. The first kappa shape index (κ1) is 18.8. The molecule has 1 saturated carbocycles. The van der Waals surface area contributed by atoms with Gasteiger partial charge in [0, 0.05) is 25.6 Å². The number of hydrogen-bond donors (Lipinski definition) is 3. The average Bonchev–Trinajstić information content (AvgIpc) is 2.74. The number of hydrazine groups is 1. The molecule has 3 fully saturated rings. The molecule has 2 atom stereocenters. The number of nitrogens with two attached hydrogens (primary N) is 1. The number of hydroxylamine groups is 2. The van der Waals surface area contributed by atoms with Gasteiger partial charge in [0.25, 0.3) is 5.91 Å². The van der Waals surface area contributed by atoms with Crippen LogP contribution in [0.4, 0.5) is 4.79 Å². The zero-order chi connectivity index (χ0) is 19.2. The Balaban J connectivity index is 1.61. The second kappa shape index (κ2) is 6.64. The molecule has 12 nitrogen and oxygen atoms in total. The highest BCUT2D eigenvalue weighted by atomic mass is 32.3. The van der Waals surface area contributed by atoms with Crippen molar-refractivity contribution in [1.29, 1.82) is 0 Å². The Labute approximate surface area is 150 Å². The van der Waals surface area contributed by atoms with E-state index in [0.717, 1.165) is 9.91 Å². The summed E-state index contributed by atoms with van der Waals surface area (Å²) in [6.45, 7) is 0.0849. The van der Waals surface area contributed by atoms with Crippen molar-refractivity contribution in [3.8, 4) is 0 Å². The number of rotatable bonds is 4. The zero-order valence-electron chi connectivity index (χ0n) is 14.1. The molecule has 2 bridgehead atoms. The third-order valence-electron chi connectivity index (χ3n) is 4.93. The Morgan fingerprint density at radius 3 is 2.58 bits per heavy atom. The van der Waals surface area contributed by atoms with Crippen molar-refractivity contribution >= 4 is 28.2 Å². The molecule has 3 rings (SSSR count). The molecule has 0 spiro atoms. The smallest absolute Gasteiger partial charge is 0.328 e. The van der Waals surface area contributed by atoms with Crippen LogP contribution in [0.25, 0.3) is 0 Å². The zero-order valence-corrected chi connectivity index (χ0v) is 14.9. The minimum Gasteiger partial charge on any atom is -0.328 e. The van der Waals surface area contributed by atoms with E-state index in [1.54, 1.807) is 0 Å². The molecule has 3 aliphatic rings. The third-order valence-corrected chi connectivity index (χ3v) is 5.28. The summed E-state index contributed by atoms with van der Waals surface area (Å²) >= 11 is 0. The molecule has 2 aliphatic heterocycles. The number of nitrogens with zero attached hydrogens (tertiary/aromatic N) is 3. The highest BCUT2D eigenvalue weighted by Gasteiger charge is 2.49. The first-order valence-electron chi connectivity index (χ1n) is 8.17. The van der Waals surface area contributed by atoms with E-state index in [-0.39, 0.29) is 30.8 Å². The number of hydrogen-bond acceptors (Lipinski definition) is 7. The summed E-state index contributed by atoms with van der Waals surface area (Å²) in [5.74, 6) is -1.03. The summed E-state index contributed by atoms with van der Waals surface area (Å²) in [6, 6.07) is -2.28. The first-order chi connectivity index (χ1) is 12.1. The van der Waals surface area contributed by atoms with Gasteiger partial charge >= 0.3 is 16.4 Å². The van der Waals surface area contributed by atoms with Crippen LogP contribution in [-0.2, 0) is 24.3 Å². The predicted octanol–water partition coefficient (Wildman–Crippen LogP) is -1.78. The summed E-state index contributed by atoms with van der Waals surface area (Å²) in [6.07, 6.45) is 1.71. The summed E-state index contributed by atoms with van der Waals surface area (Å²) < 4.78 is 34.8. The predicted molar refractivity (Wildman–Crippen MR) is 85.0 cm³/mol. The molecule has 0 aromatic carbocycles. The highest BCUT2D eigenvalue weighted by molar-refractivity contribution is 7.80. The van der Waals surface area contributed by atoms with Crippen molar-refractivity contribution in [2.75, 3.05) is 13.6 Å². The molecule has 2 heterocycles. The molecule has 26 heavy (non-hydrogen) atoms. The lowest BCUT2D eigenvalue weighted by Gasteiger charge is -2.35. The van der Waals surface area contributed by atoms with Gasteiger partial charge < -0.3 is 10.6 Å². The van der Waals surface area contributed by atoms with Crippen LogP contribution in [0.1, 0.15) is 25.7 Å². The van der Waals surface area contributed by atoms with Crippen LogP contribution in [0.3, 0.4) is 0 Å². The van der Waals surface area contributed by atoms with E-state index in [1.807, 2.05) is 0 Å². The molecule has 13 heteroatoms. The number of amides is 4. The van der Waals surface area contributed by atoms with Gasteiger partial charge in [-0.1, -0.05) is 0 Å². The van der Waals surface area contributed by atoms with E-state index in [1.165, 1.54) is 7.05 Å². The normalized spacial score (nSPS) is 30.8. The minimum absolute atomic E-state index is 0.000613.